The maximum absolute atomic E-state index is 12.3. The Morgan fingerprint density at radius 2 is 2.15 bits per heavy atom. The zero-order valence-electron chi connectivity index (χ0n) is 15.1. The van der Waals surface area contributed by atoms with E-state index in [1.807, 2.05) is 6.07 Å². The van der Waals surface area contributed by atoms with Crippen molar-refractivity contribution in [2.45, 2.75) is 26.3 Å². The highest BCUT2D eigenvalue weighted by molar-refractivity contribution is 7.14. The van der Waals surface area contributed by atoms with E-state index in [1.165, 1.54) is 22.3 Å². The van der Waals surface area contributed by atoms with Crippen molar-refractivity contribution in [2.24, 2.45) is 5.92 Å². The number of benzene rings is 1. The number of nitrogens with zero attached hydrogens (tertiary/aromatic N) is 3. The van der Waals surface area contributed by atoms with Crippen LogP contribution in [0, 0.1) is 12.8 Å². The molecule has 0 saturated carbocycles. The standard InChI is InChI=1S/C19H23N5OS/c1-12-4-3-5-15-14(12)10-16(21-15)19-23-22-17(26-19)11-20-18(25)13-6-8-24(2)9-7-13/h3-5,10,13,21H,6-9,11H2,1-2H3,(H,20,25). The van der Waals surface area contributed by atoms with Crippen molar-refractivity contribution in [2.75, 3.05) is 20.1 Å². The van der Waals surface area contributed by atoms with Gasteiger partial charge in [0.15, 0.2) is 5.01 Å². The second-order valence-electron chi connectivity index (χ2n) is 7.02. The molecule has 1 fully saturated rings. The van der Waals surface area contributed by atoms with Crippen LogP contribution >= 0.6 is 11.3 Å². The lowest BCUT2D eigenvalue weighted by Crippen LogP contribution is -2.38. The van der Waals surface area contributed by atoms with Crippen molar-refractivity contribution in [3.8, 4) is 10.7 Å². The number of fused-ring (bicyclic) bond motifs is 1. The van der Waals surface area contributed by atoms with Crippen LogP contribution in [0.4, 0.5) is 0 Å². The van der Waals surface area contributed by atoms with Crippen molar-refractivity contribution in [3.05, 3.63) is 34.8 Å². The Kier molecular flexibility index (Phi) is 4.74. The van der Waals surface area contributed by atoms with E-state index < -0.39 is 0 Å². The van der Waals surface area contributed by atoms with Gasteiger partial charge in [-0.15, -0.1) is 10.2 Å². The first-order valence-corrected chi connectivity index (χ1v) is 9.79. The molecule has 7 heteroatoms. The highest BCUT2D eigenvalue weighted by Crippen LogP contribution is 2.28. The molecule has 6 nitrogen and oxygen atoms in total. The molecule has 0 bridgehead atoms. The number of piperidine rings is 1. The second kappa shape index (κ2) is 7.17. The Morgan fingerprint density at radius 1 is 1.35 bits per heavy atom. The minimum absolute atomic E-state index is 0.121. The summed E-state index contributed by atoms with van der Waals surface area (Å²) < 4.78 is 0. The van der Waals surface area contributed by atoms with E-state index in [-0.39, 0.29) is 11.8 Å². The molecular weight excluding hydrogens is 346 g/mol. The number of nitrogens with one attached hydrogen (secondary N) is 2. The number of hydrogen-bond acceptors (Lipinski definition) is 5. The van der Waals surface area contributed by atoms with Crippen LogP contribution in [0.2, 0.25) is 0 Å². The number of amides is 1. The summed E-state index contributed by atoms with van der Waals surface area (Å²) in [5.41, 5.74) is 3.31. The predicted octanol–water partition coefficient (Wildman–Crippen LogP) is 2.95. The summed E-state index contributed by atoms with van der Waals surface area (Å²) in [4.78, 5) is 18.0. The molecule has 136 valence electrons. The number of likely N-dealkylation sites (tertiary alicyclic amines) is 1. The number of carbonyl (C=O) groups is 1. The quantitative estimate of drug-likeness (QED) is 0.741. The Labute approximate surface area is 156 Å². The molecule has 3 heterocycles. The van der Waals surface area contributed by atoms with E-state index in [1.54, 1.807) is 0 Å². The molecule has 1 saturated heterocycles. The highest BCUT2D eigenvalue weighted by atomic mass is 32.1. The van der Waals surface area contributed by atoms with Crippen LogP contribution in [0.3, 0.4) is 0 Å². The van der Waals surface area contributed by atoms with E-state index >= 15 is 0 Å². The first-order valence-electron chi connectivity index (χ1n) is 8.97. The van der Waals surface area contributed by atoms with Crippen LogP contribution in [0.5, 0.6) is 0 Å². The Balaban J connectivity index is 1.41. The Bertz CT molecular complexity index is 923. The van der Waals surface area contributed by atoms with Gasteiger partial charge >= 0.3 is 0 Å². The molecule has 1 aliphatic heterocycles. The molecule has 0 atom stereocenters. The van der Waals surface area contributed by atoms with Gasteiger partial charge in [-0.1, -0.05) is 23.5 Å². The summed E-state index contributed by atoms with van der Waals surface area (Å²) in [5, 5.41) is 14.4. The monoisotopic (exact) mass is 369 g/mol. The molecule has 0 radical (unpaired) electrons. The van der Waals surface area contributed by atoms with E-state index in [0.717, 1.165) is 47.2 Å². The van der Waals surface area contributed by atoms with Crippen LogP contribution in [-0.2, 0) is 11.3 Å². The summed E-state index contributed by atoms with van der Waals surface area (Å²) in [5.74, 6) is 0.256. The fraction of sp³-hybridized carbons (Fsp3) is 0.421. The number of aromatic amines is 1. The lowest BCUT2D eigenvalue weighted by Gasteiger charge is -2.27. The first-order chi connectivity index (χ1) is 12.6. The van der Waals surface area contributed by atoms with Gasteiger partial charge in [0.25, 0.3) is 0 Å². The zero-order chi connectivity index (χ0) is 18.1. The third-order valence-corrected chi connectivity index (χ3v) is 6.04. The van der Waals surface area contributed by atoms with Crippen LogP contribution in [0.25, 0.3) is 21.6 Å². The van der Waals surface area contributed by atoms with Gasteiger partial charge in [-0.3, -0.25) is 4.79 Å². The number of hydrogen-bond donors (Lipinski definition) is 2. The SMILES string of the molecule is Cc1cccc2[nH]c(-c3nnc(CNC(=O)C4CCN(C)CC4)s3)cc12. The van der Waals surface area contributed by atoms with Gasteiger partial charge in [-0.05, 0) is 57.6 Å². The van der Waals surface area contributed by atoms with E-state index in [9.17, 15) is 4.79 Å². The number of carbonyl (C=O) groups excluding carboxylic acids is 1. The molecule has 4 rings (SSSR count). The fourth-order valence-corrected chi connectivity index (χ4v) is 4.18. The fourth-order valence-electron chi connectivity index (χ4n) is 3.43. The minimum atomic E-state index is 0.121. The van der Waals surface area contributed by atoms with E-state index in [2.05, 4.69) is 57.6 Å². The summed E-state index contributed by atoms with van der Waals surface area (Å²) >= 11 is 1.52. The van der Waals surface area contributed by atoms with Crippen LogP contribution in [0.15, 0.2) is 24.3 Å². The highest BCUT2D eigenvalue weighted by Gasteiger charge is 2.23. The smallest absolute Gasteiger partial charge is 0.223 e. The van der Waals surface area contributed by atoms with Gasteiger partial charge in [-0.25, -0.2) is 0 Å². The zero-order valence-corrected chi connectivity index (χ0v) is 15.9. The molecule has 0 spiro atoms. The third kappa shape index (κ3) is 3.50. The molecular formula is C19H23N5OS. The van der Waals surface area contributed by atoms with Gasteiger partial charge < -0.3 is 15.2 Å². The Morgan fingerprint density at radius 3 is 2.92 bits per heavy atom. The number of rotatable bonds is 4. The lowest BCUT2D eigenvalue weighted by molar-refractivity contribution is -0.126. The molecule has 1 aliphatic rings. The van der Waals surface area contributed by atoms with Crippen molar-refractivity contribution >= 4 is 28.1 Å². The van der Waals surface area contributed by atoms with Gasteiger partial charge in [0.2, 0.25) is 5.91 Å². The lowest BCUT2D eigenvalue weighted by atomic mass is 9.96. The van der Waals surface area contributed by atoms with Crippen LogP contribution in [0.1, 0.15) is 23.4 Å². The summed E-state index contributed by atoms with van der Waals surface area (Å²) in [6.45, 7) is 4.52. The molecule has 2 aromatic heterocycles. The summed E-state index contributed by atoms with van der Waals surface area (Å²) in [6.07, 6.45) is 1.86. The number of aromatic nitrogens is 3. The number of H-pyrrole nitrogens is 1. The van der Waals surface area contributed by atoms with Gasteiger partial charge in [-0.2, -0.15) is 0 Å². The minimum Gasteiger partial charge on any atom is -0.353 e. The number of aryl methyl sites for hydroxylation is 1. The van der Waals surface area contributed by atoms with Crippen molar-refractivity contribution in [1.82, 2.24) is 25.4 Å². The molecule has 2 N–H and O–H groups in total. The van der Waals surface area contributed by atoms with Crippen molar-refractivity contribution < 1.29 is 4.79 Å². The molecule has 3 aromatic rings. The topological polar surface area (TPSA) is 73.9 Å². The maximum Gasteiger partial charge on any atom is 0.223 e. The van der Waals surface area contributed by atoms with Crippen molar-refractivity contribution in [3.63, 3.8) is 0 Å². The first kappa shape index (κ1) is 17.2. The van der Waals surface area contributed by atoms with E-state index in [0.29, 0.717) is 6.54 Å². The Hall–Kier alpha value is -2.25. The molecule has 0 aliphatic carbocycles. The largest absolute Gasteiger partial charge is 0.353 e. The molecule has 0 unspecified atom stereocenters. The van der Waals surface area contributed by atoms with E-state index in [4.69, 9.17) is 0 Å². The summed E-state index contributed by atoms with van der Waals surface area (Å²) in [7, 11) is 2.10. The molecule has 1 aromatic carbocycles. The average molecular weight is 369 g/mol. The predicted molar refractivity (Wildman–Crippen MR) is 104 cm³/mol. The second-order valence-corrected chi connectivity index (χ2v) is 8.08. The van der Waals surface area contributed by atoms with Crippen LogP contribution < -0.4 is 5.32 Å². The molecule has 26 heavy (non-hydrogen) atoms. The maximum atomic E-state index is 12.3. The summed E-state index contributed by atoms with van der Waals surface area (Å²) in [6, 6.07) is 8.33. The molecule has 1 amide bonds. The van der Waals surface area contributed by atoms with Gasteiger partial charge in [0.1, 0.15) is 5.01 Å². The van der Waals surface area contributed by atoms with Crippen LogP contribution in [-0.4, -0.2) is 46.1 Å². The van der Waals surface area contributed by atoms with Gasteiger partial charge in [0.05, 0.1) is 12.2 Å². The normalized spacial score (nSPS) is 16.2. The average Bonchev–Trinajstić information content (AvgIpc) is 3.28. The van der Waals surface area contributed by atoms with Crippen molar-refractivity contribution in [1.29, 1.82) is 0 Å². The third-order valence-electron chi connectivity index (χ3n) is 5.08. The van der Waals surface area contributed by atoms with Gasteiger partial charge in [0, 0.05) is 16.8 Å².